The Balaban J connectivity index is 0.000000472. The summed E-state index contributed by atoms with van der Waals surface area (Å²) in [7, 11) is 0. The molecule has 2 N–H and O–H groups in total. The lowest BCUT2D eigenvalue weighted by Crippen LogP contribution is -2.36. The molecule has 3 aromatic heterocycles. The number of ether oxygens (including phenoxy) is 1. The number of pyridine rings is 1. The van der Waals surface area contributed by atoms with Gasteiger partial charge in [-0.3, -0.25) is 4.98 Å². The van der Waals surface area contributed by atoms with Gasteiger partial charge in [-0.25, -0.2) is 14.8 Å². The lowest BCUT2D eigenvalue weighted by Gasteiger charge is -2.29. The van der Waals surface area contributed by atoms with Crippen LogP contribution in [0.5, 0.6) is 0 Å². The molecule has 1 fully saturated rings. The molecule has 220 valence electrons. The van der Waals surface area contributed by atoms with Gasteiger partial charge in [-0.05, 0) is 59.8 Å². The third-order valence-electron chi connectivity index (χ3n) is 6.11. The Morgan fingerprint density at radius 3 is 2.37 bits per heavy atom. The van der Waals surface area contributed by atoms with Gasteiger partial charge in [0.1, 0.15) is 5.69 Å². The standard InChI is InChI=1S/C26H23N9O.C2HF3O2/c1-3-20(17-22(4-1)34-13-15-36-16-14-34)24-10-12-28-26(30-24)29-21-8-6-19(7-9-21)25-31-33-35(32-25)23-5-2-11-27-18-23;3-2(4,5)1(6)7/h1-12,17-18H,13-16H2,(H,28,29,30);(H,6,7). The molecule has 0 amide bonds. The number of aromatic nitrogens is 7. The molecule has 0 atom stereocenters. The van der Waals surface area contributed by atoms with E-state index >= 15 is 0 Å². The van der Waals surface area contributed by atoms with Crippen LogP contribution in [0.25, 0.3) is 28.3 Å². The normalized spacial score (nSPS) is 13.1. The molecule has 12 nitrogen and oxygen atoms in total. The molecule has 43 heavy (non-hydrogen) atoms. The number of rotatable bonds is 6. The number of benzene rings is 2. The van der Waals surface area contributed by atoms with Crippen molar-refractivity contribution in [2.24, 2.45) is 0 Å². The summed E-state index contributed by atoms with van der Waals surface area (Å²) in [6.07, 6.45) is 0.0711. The number of carboxylic acid groups (broad SMARTS) is 1. The fourth-order valence-electron chi connectivity index (χ4n) is 4.01. The van der Waals surface area contributed by atoms with E-state index in [0.29, 0.717) is 11.8 Å². The van der Waals surface area contributed by atoms with Crippen LogP contribution in [0.3, 0.4) is 0 Å². The fraction of sp³-hybridized carbons (Fsp3) is 0.179. The molecule has 5 aromatic rings. The second-order valence-electron chi connectivity index (χ2n) is 9.03. The van der Waals surface area contributed by atoms with Crippen LogP contribution in [-0.2, 0) is 9.53 Å². The zero-order valence-electron chi connectivity index (χ0n) is 22.4. The van der Waals surface area contributed by atoms with Crippen molar-refractivity contribution in [3.63, 3.8) is 0 Å². The quantitative estimate of drug-likeness (QED) is 0.290. The number of hydrogen-bond donors (Lipinski definition) is 2. The van der Waals surface area contributed by atoms with Gasteiger partial charge in [0.2, 0.25) is 11.8 Å². The lowest BCUT2D eigenvalue weighted by atomic mass is 10.1. The first-order chi connectivity index (χ1) is 20.8. The second kappa shape index (κ2) is 13.0. The molecule has 15 heteroatoms. The van der Waals surface area contributed by atoms with E-state index in [1.54, 1.807) is 18.6 Å². The summed E-state index contributed by atoms with van der Waals surface area (Å²) in [6.45, 7) is 3.30. The molecule has 6 rings (SSSR count). The summed E-state index contributed by atoms with van der Waals surface area (Å²) in [5, 5.41) is 23.1. The number of carboxylic acids is 1. The van der Waals surface area contributed by atoms with Gasteiger partial charge in [0, 0.05) is 48.0 Å². The van der Waals surface area contributed by atoms with Gasteiger partial charge >= 0.3 is 12.1 Å². The summed E-state index contributed by atoms with van der Waals surface area (Å²) in [6, 6.07) is 21.8. The predicted octanol–water partition coefficient (Wildman–Crippen LogP) is 4.39. The van der Waals surface area contributed by atoms with Crippen molar-refractivity contribution in [3.8, 4) is 28.3 Å². The average molecular weight is 592 g/mol. The van der Waals surface area contributed by atoms with Crippen molar-refractivity contribution in [3.05, 3.63) is 85.3 Å². The third-order valence-corrected chi connectivity index (χ3v) is 6.11. The van der Waals surface area contributed by atoms with Crippen LogP contribution in [0.2, 0.25) is 0 Å². The zero-order valence-corrected chi connectivity index (χ0v) is 22.4. The Labute approximate surface area is 242 Å². The highest BCUT2D eigenvalue weighted by molar-refractivity contribution is 5.73. The van der Waals surface area contributed by atoms with E-state index in [1.165, 1.54) is 10.5 Å². The Morgan fingerprint density at radius 2 is 1.67 bits per heavy atom. The van der Waals surface area contributed by atoms with Crippen LogP contribution < -0.4 is 10.2 Å². The third kappa shape index (κ3) is 7.65. The second-order valence-corrected chi connectivity index (χ2v) is 9.03. The number of alkyl halides is 3. The van der Waals surface area contributed by atoms with Crippen molar-refractivity contribution in [1.82, 2.24) is 35.2 Å². The minimum Gasteiger partial charge on any atom is -0.475 e. The molecule has 1 aliphatic heterocycles. The van der Waals surface area contributed by atoms with Crippen LogP contribution in [0.15, 0.2) is 85.3 Å². The van der Waals surface area contributed by atoms with E-state index < -0.39 is 12.1 Å². The van der Waals surface area contributed by atoms with Crippen LogP contribution in [0.4, 0.5) is 30.5 Å². The summed E-state index contributed by atoms with van der Waals surface area (Å²) in [4.78, 5) is 25.9. The van der Waals surface area contributed by atoms with Crippen molar-refractivity contribution in [2.75, 3.05) is 36.5 Å². The molecule has 0 radical (unpaired) electrons. The summed E-state index contributed by atoms with van der Waals surface area (Å²) in [5.41, 5.74) is 5.54. The highest BCUT2D eigenvalue weighted by Crippen LogP contribution is 2.26. The van der Waals surface area contributed by atoms with Gasteiger partial charge in [0.15, 0.2) is 0 Å². The molecular weight excluding hydrogens is 567 g/mol. The number of anilines is 3. The minimum absolute atomic E-state index is 0.526. The zero-order chi connectivity index (χ0) is 30.2. The van der Waals surface area contributed by atoms with Crippen molar-refractivity contribution in [1.29, 1.82) is 0 Å². The smallest absolute Gasteiger partial charge is 0.475 e. The molecular formula is C28H24F3N9O3. The summed E-state index contributed by atoms with van der Waals surface area (Å²) >= 11 is 0. The Kier molecular flexibility index (Phi) is 8.81. The number of morpholine rings is 1. The number of tetrazole rings is 1. The first-order valence-corrected chi connectivity index (χ1v) is 12.9. The summed E-state index contributed by atoms with van der Waals surface area (Å²) < 4.78 is 37.2. The van der Waals surface area contributed by atoms with E-state index in [4.69, 9.17) is 19.6 Å². The van der Waals surface area contributed by atoms with Crippen LogP contribution in [0, 0.1) is 0 Å². The molecule has 0 spiro atoms. The first kappa shape index (κ1) is 29.1. The predicted molar refractivity (Wildman–Crippen MR) is 150 cm³/mol. The van der Waals surface area contributed by atoms with Gasteiger partial charge in [-0.2, -0.15) is 13.2 Å². The highest BCUT2D eigenvalue weighted by Gasteiger charge is 2.38. The first-order valence-electron chi connectivity index (χ1n) is 12.9. The monoisotopic (exact) mass is 591 g/mol. The lowest BCUT2D eigenvalue weighted by molar-refractivity contribution is -0.192. The molecule has 1 saturated heterocycles. The molecule has 4 heterocycles. The van der Waals surface area contributed by atoms with Crippen LogP contribution >= 0.6 is 0 Å². The number of nitrogens with zero attached hydrogens (tertiary/aromatic N) is 8. The molecule has 2 aromatic carbocycles. The Hall–Kier alpha value is -5.44. The van der Waals surface area contributed by atoms with Gasteiger partial charge in [-0.15, -0.1) is 15.0 Å². The van der Waals surface area contributed by atoms with Gasteiger partial charge in [0.05, 0.1) is 25.1 Å². The Morgan fingerprint density at radius 1 is 0.930 bits per heavy atom. The minimum atomic E-state index is -5.08. The maximum atomic E-state index is 10.6. The van der Waals surface area contributed by atoms with Crippen molar-refractivity contribution < 1.29 is 27.8 Å². The largest absolute Gasteiger partial charge is 0.490 e. The van der Waals surface area contributed by atoms with Gasteiger partial charge in [0.25, 0.3) is 0 Å². The molecule has 0 saturated carbocycles. The van der Waals surface area contributed by atoms with Crippen LogP contribution in [0.1, 0.15) is 0 Å². The van der Waals surface area contributed by atoms with Gasteiger partial charge < -0.3 is 20.1 Å². The SMILES string of the molecule is O=C(O)C(F)(F)F.c1cc(-c2ccnc(Nc3ccc(-c4nnn(-c5cccnc5)n4)cc3)n2)cc(N2CCOCC2)c1. The average Bonchev–Trinajstić information content (AvgIpc) is 3.53. The van der Waals surface area contributed by atoms with E-state index in [2.05, 4.69) is 59.9 Å². The van der Waals surface area contributed by atoms with E-state index in [9.17, 15) is 13.2 Å². The maximum Gasteiger partial charge on any atom is 0.490 e. The molecule has 0 unspecified atom stereocenters. The number of hydrogen-bond acceptors (Lipinski definition) is 10. The van der Waals surface area contributed by atoms with E-state index in [0.717, 1.165) is 54.5 Å². The van der Waals surface area contributed by atoms with Crippen LogP contribution in [-0.4, -0.2) is 78.7 Å². The Bertz CT molecular complexity index is 1660. The van der Waals surface area contributed by atoms with Crippen molar-refractivity contribution >= 4 is 23.3 Å². The van der Waals surface area contributed by atoms with E-state index in [1.807, 2.05) is 42.5 Å². The molecule has 0 aliphatic carbocycles. The van der Waals surface area contributed by atoms with Gasteiger partial charge in [-0.1, -0.05) is 12.1 Å². The summed E-state index contributed by atoms with van der Waals surface area (Å²) in [5.74, 6) is -1.70. The fourth-order valence-corrected chi connectivity index (χ4v) is 4.01. The number of carbonyl (C=O) groups is 1. The highest BCUT2D eigenvalue weighted by atomic mass is 19.4. The van der Waals surface area contributed by atoms with E-state index in [-0.39, 0.29) is 0 Å². The maximum absolute atomic E-state index is 10.6. The molecule has 0 bridgehead atoms. The number of nitrogens with one attached hydrogen (secondary N) is 1. The number of aliphatic carboxylic acids is 1. The molecule has 1 aliphatic rings. The number of halogens is 3. The van der Waals surface area contributed by atoms with Crippen molar-refractivity contribution in [2.45, 2.75) is 6.18 Å². The topological polar surface area (TPSA) is 144 Å².